The van der Waals surface area contributed by atoms with E-state index in [9.17, 15) is 14.4 Å². The number of carbonyl (C=O) groups excluding carboxylic acids is 3. The van der Waals surface area contributed by atoms with Crippen molar-refractivity contribution in [1.82, 2.24) is 0 Å². The smallest absolute Gasteiger partial charge is 0.306 e. The number of carbonyl (C=O) groups is 3. The lowest BCUT2D eigenvalue weighted by Gasteiger charge is -2.18. The summed E-state index contributed by atoms with van der Waals surface area (Å²) < 4.78 is 16.7. The molecule has 0 saturated carbocycles. The summed E-state index contributed by atoms with van der Waals surface area (Å²) in [6.07, 6.45) is 71.3. The molecular weight excluding hydrogens is 817 g/mol. The standard InChI is InChI=1S/C60H100O6/c1-4-7-10-13-16-19-21-23-25-27-28-29-30-31-32-34-35-37-39-41-44-47-50-53-59(62)65-56-57(55-64-58(61)52-49-46-43-18-15-12-9-6-3)66-60(63)54-51-48-45-42-40-38-36-33-26-24-22-20-17-14-11-8-5-2/h8,11,17,20-21,23-24,26-28,30-31,36,38,42,45,57H,4-7,9-10,12-16,18-19,22,25,29,32-35,37,39-41,43-44,46-56H2,1-3H3/b11-8-,20-17-,23-21-,26-24-,28-27-,31-30-,38-36-,45-42-. The molecule has 0 amide bonds. The van der Waals surface area contributed by atoms with Crippen molar-refractivity contribution in [2.45, 2.75) is 252 Å². The topological polar surface area (TPSA) is 78.9 Å². The highest BCUT2D eigenvalue weighted by molar-refractivity contribution is 5.71. The molecule has 0 aromatic rings. The number of hydrogen-bond acceptors (Lipinski definition) is 6. The average molecular weight is 917 g/mol. The van der Waals surface area contributed by atoms with Gasteiger partial charge in [0.2, 0.25) is 0 Å². The average Bonchev–Trinajstić information content (AvgIpc) is 3.31. The minimum absolute atomic E-state index is 0.102. The van der Waals surface area contributed by atoms with Crippen LogP contribution < -0.4 is 0 Å². The lowest BCUT2D eigenvalue weighted by molar-refractivity contribution is -0.167. The van der Waals surface area contributed by atoms with Crippen molar-refractivity contribution in [3.63, 3.8) is 0 Å². The Hall–Kier alpha value is -3.67. The van der Waals surface area contributed by atoms with E-state index in [1.807, 2.05) is 0 Å². The van der Waals surface area contributed by atoms with Gasteiger partial charge in [0.1, 0.15) is 13.2 Å². The molecule has 0 aliphatic carbocycles. The van der Waals surface area contributed by atoms with Crippen molar-refractivity contribution in [2.24, 2.45) is 0 Å². The molecule has 0 aliphatic heterocycles. The van der Waals surface area contributed by atoms with E-state index in [2.05, 4.69) is 118 Å². The molecule has 66 heavy (non-hydrogen) atoms. The van der Waals surface area contributed by atoms with Crippen molar-refractivity contribution in [2.75, 3.05) is 13.2 Å². The predicted octanol–water partition coefficient (Wildman–Crippen LogP) is 18.1. The third-order valence-electron chi connectivity index (χ3n) is 11.3. The molecule has 6 nitrogen and oxygen atoms in total. The predicted molar refractivity (Wildman–Crippen MR) is 284 cm³/mol. The fraction of sp³-hybridized carbons (Fsp3) is 0.683. The van der Waals surface area contributed by atoms with Crippen LogP contribution in [0.25, 0.3) is 0 Å². The van der Waals surface area contributed by atoms with Gasteiger partial charge in [-0.1, -0.05) is 227 Å². The molecule has 1 unspecified atom stereocenters. The minimum Gasteiger partial charge on any atom is -0.462 e. The molecule has 376 valence electrons. The molecule has 0 aromatic carbocycles. The Bertz CT molecular complexity index is 1330. The highest BCUT2D eigenvalue weighted by atomic mass is 16.6. The first kappa shape index (κ1) is 62.3. The molecule has 0 aromatic heterocycles. The van der Waals surface area contributed by atoms with Crippen LogP contribution in [0.5, 0.6) is 0 Å². The first-order chi connectivity index (χ1) is 32.5. The zero-order valence-corrected chi connectivity index (χ0v) is 42.9. The Morgan fingerprint density at radius 2 is 0.606 bits per heavy atom. The van der Waals surface area contributed by atoms with E-state index in [4.69, 9.17) is 14.2 Å². The summed E-state index contributed by atoms with van der Waals surface area (Å²) in [5.41, 5.74) is 0. The van der Waals surface area contributed by atoms with Crippen molar-refractivity contribution in [3.8, 4) is 0 Å². The van der Waals surface area contributed by atoms with Gasteiger partial charge in [0.05, 0.1) is 0 Å². The Labute approximate surface area is 407 Å². The van der Waals surface area contributed by atoms with Gasteiger partial charge in [0, 0.05) is 19.3 Å². The van der Waals surface area contributed by atoms with Crippen LogP contribution in [-0.4, -0.2) is 37.2 Å². The second-order valence-electron chi connectivity index (χ2n) is 17.8. The van der Waals surface area contributed by atoms with Crippen LogP contribution >= 0.6 is 0 Å². The second kappa shape index (κ2) is 53.9. The monoisotopic (exact) mass is 917 g/mol. The largest absolute Gasteiger partial charge is 0.462 e. The van der Waals surface area contributed by atoms with Gasteiger partial charge in [0.25, 0.3) is 0 Å². The zero-order chi connectivity index (χ0) is 47.9. The number of ether oxygens (including phenoxy) is 3. The normalized spacial score (nSPS) is 12.8. The molecule has 6 heteroatoms. The highest BCUT2D eigenvalue weighted by Crippen LogP contribution is 2.14. The SMILES string of the molecule is CC/C=C\C/C=C\C/C=C\C/C=C\C/C=C\CCCC(=O)OC(COC(=O)CCCCCCCCCC)COC(=O)CCCCCCCCCC/C=C\C/C=C\C/C=C\CCCCCCC. The van der Waals surface area contributed by atoms with Crippen molar-refractivity contribution >= 4 is 17.9 Å². The second-order valence-corrected chi connectivity index (χ2v) is 17.8. The third-order valence-corrected chi connectivity index (χ3v) is 11.3. The van der Waals surface area contributed by atoms with Gasteiger partial charge in [-0.2, -0.15) is 0 Å². The number of unbranched alkanes of at least 4 members (excludes halogenated alkanes) is 21. The molecule has 0 aliphatic rings. The molecule has 0 N–H and O–H groups in total. The van der Waals surface area contributed by atoms with Crippen LogP contribution in [-0.2, 0) is 28.6 Å². The maximum absolute atomic E-state index is 12.8. The summed E-state index contributed by atoms with van der Waals surface area (Å²) in [7, 11) is 0. The summed E-state index contributed by atoms with van der Waals surface area (Å²) in [4.78, 5) is 37.9. The Balaban J connectivity index is 4.35. The number of hydrogen-bond donors (Lipinski definition) is 0. The lowest BCUT2D eigenvalue weighted by atomic mass is 10.1. The fourth-order valence-corrected chi connectivity index (χ4v) is 7.25. The maximum Gasteiger partial charge on any atom is 0.306 e. The van der Waals surface area contributed by atoms with Gasteiger partial charge in [-0.05, 0) is 96.3 Å². The Kier molecular flexibility index (Phi) is 50.9. The summed E-state index contributed by atoms with van der Waals surface area (Å²) in [5.74, 6) is -0.975. The molecule has 0 spiro atoms. The quantitative estimate of drug-likeness (QED) is 0.0262. The number of rotatable bonds is 48. The van der Waals surface area contributed by atoms with E-state index < -0.39 is 6.10 Å². The summed E-state index contributed by atoms with van der Waals surface area (Å²) in [6, 6.07) is 0. The molecule has 1 atom stereocenters. The summed E-state index contributed by atoms with van der Waals surface area (Å²) in [5, 5.41) is 0. The molecule has 0 saturated heterocycles. The molecular formula is C60H100O6. The van der Waals surface area contributed by atoms with Gasteiger partial charge < -0.3 is 14.2 Å². The van der Waals surface area contributed by atoms with E-state index in [-0.39, 0.29) is 37.5 Å². The maximum atomic E-state index is 12.8. The van der Waals surface area contributed by atoms with Crippen LogP contribution in [0.3, 0.4) is 0 Å². The van der Waals surface area contributed by atoms with E-state index in [0.29, 0.717) is 19.3 Å². The molecule has 0 heterocycles. The fourth-order valence-electron chi connectivity index (χ4n) is 7.25. The van der Waals surface area contributed by atoms with Gasteiger partial charge >= 0.3 is 17.9 Å². The Morgan fingerprint density at radius 1 is 0.318 bits per heavy atom. The van der Waals surface area contributed by atoms with Crippen LogP contribution in [0, 0.1) is 0 Å². The van der Waals surface area contributed by atoms with E-state index >= 15 is 0 Å². The molecule has 0 bridgehead atoms. The molecule has 0 rings (SSSR count). The van der Waals surface area contributed by atoms with Crippen molar-refractivity contribution in [3.05, 3.63) is 97.2 Å². The van der Waals surface area contributed by atoms with E-state index in [1.54, 1.807) is 0 Å². The van der Waals surface area contributed by atoms with Crippen molar-refractivity contribution < 1.29 is 28.6 Å². The van der Waals surface area contributed by atoms with Crippen LogP contribution in [0.1, 0.15) is 245 Å². The number of allylic oxidation sites excluding steroid dienone is 16. The molecule has 0 radical (unpaired) electrons. The van der Waals surface area contributed by atoms with Crippen LogP contribution in [0.2, 0.25) is 0 Å². The van der Waals surface area contributed by atoms with E-state index in [1.165, 1.54) is 103 Å². The minimum atomic E-state index is -0.808. The number of esters is 3. The van der Waals surface area contributed by atoms with Gasteiger partial charge in [-0.15, -0.1) is 0 Å². The van der Waals surface area contributed by atoms with Gasteiger partial charge in [0.15, 0.2) is 6.10 Å². The first-order valence-electron chi connectivity index (χ1n) is 27.2. The zero-order valence-electron chi connectivity index (χ0n) is 42.9. The summed E-state index contributed by atoms with van der Waals surface area (Å²) in [6.45, 7) is 6.42. The first-order valence-corrected chi connectivity index (χ1v) is 27.2. The van der Waals surface area contributed by atoms with Gasteiger partial charge in [-0.3, -0.25) is 14.4 Å². The third kappa shape index (κ3) is 51.3. The van der Waals surface area contributed by atoms with Gasteiger partial charge in [-0.25, -0.2) is 0 Å². The summed E-state index contributed by atoms with van der Waals surface area (Å²) >= 11 is 0. The van der Waals surface area contributed by atoms with Crippen LogP contribution in [0.15, 0.2) is 97.2 Å². The van der Waals surface area contributed by atoms with Crippen molar-refractivity contribution in [1.29, 1.82) is 0 Å². The van der Waals surface area contributed by atoms with Crippen LogP contribution in [0.4, 0.5) is 0 Å². The molecule has 0 fully saturated rings. The Morgan fingerprint density at radius 3 is 0.970 bits per heavy atom. The lowest BCUT2D eigenvalue weighted by Crippen LogP contribution is -2.30. The highest BCUT2D eigenvalue weighted by Gasteiger charge is 2.19. The van der Waals surface area contributed by atoms with E-state index in [0.717, 1.165) is 96.3 Å².